The minimum Gasteiger partial charge on any atom is -0.487 e. The van der Waals surface area contributed by atoms with Gasteiger partial charge in [-0.1, -0.05) is 0 Å². The lowest BCUT2D eigenvalue weighted by molar-refractivity contribution is -0.133. The second-order valence-electron chi connectivity index (χ2n) is 5.16. The van der Waals surface area contributed by atoms with Gasteiger partial charge in [0.25, 0.3) is 0 Å². The zero-order valence-corrected chi connectivity index (χ0v) is 13.1. The van der Waals surface area contributed by atoms with Gasteiger partial charge < -0.3 is 15.4 Å². The fourth-order valence-electron chi connectivity index (χ4n) is 2.38. The number of carbonyl (C=O) groups is 1. The molecule has 1 amide bonds. The summed E-state index contributed by atoms with van der Waals surface area (Å²) in [5, 5.41) is 0. The Kier molecular flexibility index (Phi) is 7.55. The summed E-state index contributed by atoms with van der Waals surface area (Å²) in [5.41, 5.74) is 5.39. The van der Waals surface area contributed by atoms with Gasteiger partial charge in [0.15, 0.2) is 11.6 Å². The molecule has 1 aliphatic heterocycles. The summed E-state index contributed by atoms with van der Waals surface area (Å²) in [4.78, 5) is 13.6. The van der Waals surface area contributed by atoms with Crippen LogP contribution in [0.2, 0.25) is 0 Å². The Morgan fingerprint density at radius 2 is 2.00 bits per heavy atom. The highest BCUT2D eigenvalue weighted by Gasteiger charge is 2.24. The Morgan fingerprint density at radius 1 is 1.32 bits per heavy atom. The quantitative estimate of drug-likeness (QED) is 0.900. The number of benzene rings is 1. The van der Waals surface area contributed by atoms with Crippen LogP contribution < -0.4 is 10.5 Å². The van der Waals surface area contributed by atoms with Gasteiger partial charge in [-0.3, -0.25) is 4.79 Å². The van der Waals surface area contributed by atoms with Crippen molar-refractivity contribution in [2.45, 2.75) is 31.8 Å². The molecule has 1 aromatic rings. The molecule has 0 bridgehead atoms. The third-order valence-electron chi connectivity index (χ3n) is 3.58. The SMILES string of the molecule is Cl.NCCCC(=O)N1CCC(Oc2ccc(F)cc2F)CC1. The normalized spacial score (nSPS) is 15.3. The van der Waals surface area contributed by atoms with Crippen LogP contribution in [0.25, 0.3) is 0 Å². The molecule has 0 aliphatic carbocycles. The highest BCUT2D eigenvalue weighted by Crippen LogP contribution is 2.23. The van der Waals surface area contributed by atoms with E-state index in [-0.39, 0.29) is 30.2 Å². The Morgan fingerprint density at radius 3 is 2.59 bits per heavy atom. The molecule has 1 saturated heterocycles. The van der Waals surface area contributed by atoms with Crippen LogP contribution in [0.3, 0.4) is 0 Å². The minimum absolute atomic E-state index is 0. The third-order valence-corrected chi connectivity index (χ3v) is 3.58. The fraction of sp³-hybridized carbons (Fsp3) is 0.533. The van der Waals surface area contributed by atoms with E-state index in [1.807, 2.05) is 0 Å². The molecule has 0 atom stereocenters. The predicted molar refractivity (Wildman–Crippen MR) is 82.1 cm³/mol. The number of nitrogens with two attached hydrogens (primary N) is 1. The number of hydrogen-bond donors (Lipinski definition) is 1. The second kappa shape index (κ2) is 8.90. The van der Waals surface area contributed by atoms with Gasteiger partial charge in [-0.05, 0) is 25.1 Å². The lowest BCUT2D eigenvalue weighted by Gasteiger charge is -2.32. The van der Waals surface area contributed by atoms with E-state index in [1.54, 1.807) is 4.90 Å². The molecule has 0 aromatic heterocycles. The Hall–Kier alpha value is -1.40. The van der Waals surface area contributed by atoms with Gasteiger partial charge in [-0.15, -0.1) is 12.4 Å². The van der Waals surface area contributed by atoms with E-state index in [0.29, 0.717) is 45.3 Å². The molecular formula is C15H21ClF2N2O2. The largest absolute Gasteiger partial charge is 0.487 e. The first-order chi connectivity index (χ1) is 10.1. The van der Waals surface area contributed by atoms with Crippen LogP contribution in [0.4, 0.5) is 8.78 Å². The zero-order valence-electron chi connectivity index (χ0n) is 12.3. The van der Waals surface area contributed by atoms with Crippen LogP contribution >= 0.6 is 12.4 Å². The first kappa shape index (κ1) is 18.6. The van der Waals surface area contributed by atoms with Gasteiger partial charge in [-0.2, -0.15) is 0 Å². The summed E-state index contributed by atoms with van der Waals surface area (Å²) in [7, 11) is 0. The fourth-order valence-corrected chi connectivity index (χ4v) is 2.38. The van der Waals surface area contributed by atoms with Crippen LogP contribution in [0.1, 0.15) is 25.7 Å². The maximum atomic E-state index is 13.5. The summed E-state index contributed by atoms with van der Waals surface area (Å²) >= 11 is 0. The molecule has 1 aliphatic rings. The van der Waals surface area contributed by atoms with Crippen molar-refractivity contribution in [2.75, 3.05) is 19.6 Å². The monoisotopic (exact) mass is 334 g/mol. The van der Waals surface area contributed by atoms with Crippen molar-refractivity contribution in [3.8, 4) is 5.75 Å². The first-order valence-electron chi connectivity index (χ1n) is 7.19. The van der Waals surface area contributed by atoms with Crippen LogP contribution in [-0.4, -0.2) is 36.5 Å². The van der Waals surface area contributed by atoms with Crippen molar-refractivity contribution in [3.05, 3.63) is 29.8 Å². The standard InChI is InChI=1S/C15H20F2N2O2.ClH/c16-11-3-4-14(13(17)10-11)21-12-5-8-19(9-6-12)15(20)2-1-7-18;/h3-4,10,12H,1-2,5-9,18H2;1H. The molecule has 4 nitrogen and oxygen atoms in total. The molecule has 0 spiro atoms. The van der Waals surface area contributed by atoms with Crippen LogP contribution in [-0.2, 0) is 4.79 Å². The number of piperidine rings is 1. The lowest BCUT2D eigenvalue weighted by Crippen LogP contribution is -2.41. The third kappa shape index (κ3) is 5.10. The molecule has 2 rings (SSSR count). The van der Waals surface area contributed by atoms with Crippen molar-refractivity contribution in [2.24, 2.45) is 5.73 Å². The van der Waals surface area contributed by atoms with E-state index in [9.17, 15) is 13.6 Å². The number of carbonyl (C=O) groups excluding carboxylic acids is 1. The maximum Gasteiger partial charge on any atom is 0.222 e. The van der Waals surface area contributed by atoms with Crippen LogP contribution in [0.15, 0.2) is 18.2 Å². The van der Waals surface area contributed by atoms with Crippen LogP contribution in [0.5, 0.6) is 5.75 Å². The Bertz CT molecular complexity index is 494. The average molecular weight is 335 g/mol. The topological polar surface area (TPSA) is 55.6 Å². The van der Waals surface area contributed by atoms with Crippen molar-refractivity contribution in [1.29, 1.82) is 0 Å². The highest BCUT2D eigenvalue weighted by atomic mass is 35.5. The molecule has 7 heteroatoms. The van der Waals surface area contributed by atoms with Crippen molar-refractivity contribution < 1.29 is 18.3 Å². The lowest BCUT2D eigenvalue weighted by atomic mass is 10.1. The van der Waals surface area contributed by atoms with Gasteiger partial charge in [0.2, 0.25) is 5.91 Å². The number of hydrogen-bond acceptors (Lipinski definition) is 3. The molecule has 1 heterocycles. The summed E-state index contributed by atoms with van der Waals surface area (Å²) in [6.45, 7) is 1.70. The highest BCUT2D eigenvalue weighted by molar-refractivity contribution is 5.85. The van der Waals surface area contributed by atoms with E-state index in [1.165, 1.54) is 12.1 Å². The summed E-state index contributed by atoms with van der Waals surface area (Å²) in [6.07, 6.45) is 2.30. The molecule has 22 heavy (non-hydrogen) atoms. The molecular weight excluding hydrogens is 314 g/mol. The maximum absolute atomic E-state index is 13.5. The molecule has 0 unspecified atom stereocenters. The van der Waals surface area contributed by atoms with Gasteiger partial charge in [0, 0.05) is 38.4 Å². The smallest absolute Gasteiger partial charge is 0.222 e. The summed E-state index contributed by atoms with van der Waals surface area (Å²) in [6, 6.07) is 3.27. The minimum atomic E-state index is -0.698. The van der Waals surface area contributed by atoms with Gasteiger partial charge >= 0.3 is 0 Å². The van der Waals surface area contributed by atoms with Crippen molar-refractivity contribution in [3.63, 3.8) is 0 Å². The van der Waals surface area contributed by atoms with E-state index < -0.39 is 11.6 Å². The summed E-state index contributed by atoms with van der Waals surface area (Å²) in [5.74, 6) is -1.16. The number of likely N-dealkylation sites (tertiary alicyclic amines) is 1. The number of rotatable bonds is 5. The zero-order chi connectivity index (χ0) is 15.2. The molecule has 2 N–H and O–H groups in total. The number of amides is 1. The molecule has 1 fully saturated rings. The van der Waals surface area contributed by atoms with Crippen LogP contribution in [0, 0.1) is 11.6 Å². The van der Waals surface area contributed by atoms with E-state index in [4.69, 9.17) is 10.5 Å². The van der Waals surface area contributed by atoms with Gasteiger partial charge in [0.1, 0.15) is 11.9 Å². The number of halogens is 3. The molecule has 1 aromatic carbocycles. The molecule has 124 valence electrons. The Labute approximate surface area is 135 Å². The predicted octanol–water partition coefficient (Wildman–Crippen LogP) is 2.50. The van der Waals surface area contributed by atoms with Crippen molar-refractivity contribution in [1.82, 2.24) is 4.90 Å². The number of ether oxygens (including phenoxy) is 1. The number of nitrogens with zero attached hydrogens (tertiary/aromatic N) is 1. The van der Waals surface area contributed by atoms with E-state index in [2.05, 4.69) is 0 Å². The molecule has 0 radical (unpaired) electrons. The first-order valence-corrected chi connectivity index (χ1v) is 7.19. The van der Waals surface area contributed by atoms with Gasteiger partial charge in [-0.25, -0.2) is 8.78 Å². The second-order valence-corrected chi connectivity index (χ2v) is 5.16. The summed E-state index contributed by atoms with van der Waals surface area (Å²) < 4.78 is 31.9. The van der Waals surface area contributed by atoms with Crippen molar-refractivity contribution >= 4 is 18.3 Å². The Balaban J connectivity index is 0.00000242. The van der Waals surface area contributed by atoms with E-state index >= 15 is 0 Å². The molecule has 0 saturated carbocycles. The van der Waals surface area contributed by atoms with E-state index in [0.717, 1.165) is 6.07 Å². The van der Waals surface area contributed by atoms with Gasteiger partial charge in [0.05, 0.1) is 0 Å². The average Bonchev–Trinajstić information content (AvgIpc) is 2.48.